The molecule has 0 spiro atoms. The van der Waals surface area contributed by atoms with E-state index in [1.807, 2.05) is 60.7 Å². The molecule has 180 valence electrons. The predicted octanol–water partition coefficient (Wildman–Crippen LogP) is 9.16. The van der Waals surface area contributed by atoms with Crippen LogP contribution >= 0.6 is 6.29 Å². The Balaban J connectivity index is 1.39. The monoisotopic (exact) mass is 566 g/mol. The van der Waals surface area contributed by atoms with Crippen molar-refractivity contribution in [1.82, 2.24) is 0 Å². The van der Waals surface area contributed by atoms with Gasteiger partial charge in [0.2, 0.25) is 0 Å². The van der Waals surface area contributed by atoms with Crippen LogP contribution in [0, 0.1) is 0 Å². The van der Waals surface area contributed by atoms with Crippen molar-refractivity contribution >= 4 is 53.1 Å². The molecule has 0 bridgehead atoms. The SMILES string of the molecule is CC([Se]P1(=O)Oc2ccc3ccccc3c2-c2c(ccc3ccccc23)O1)c1ccc2ccccc2c1. The maximum absolute atomic E-state index is 14.5. The summed E-state index contributed by atoms with van der Waals surface area (Å²) in [5.74, 6) is 1.23. The molecule has 1 aliphatic heterocycles. The van der Waals surface area contributed by atoms with Gasteiger partial charge in [0, 0.05) is 0 Å². The predicted molar refractivity (Wildman–Crippen MR) is 154 cm³/mol. The molecule has 37 heavy (non-hydrogen) atoms. The van der Waals surface area contributed by atoms with Gasteiger partial charge in [-0.05, 0) is 0 Å². The van der Waals surface area contributed by atoms with E-state index in [1.54, 1.807) is 0 Å². The maximum atomic E-state index is 14.5. The molecule has 0 saturated heterocycles. The summed E-state index contributed by atoms with van der Waals surface area (Å²) in [6.07, 6.45) is -3.50. The molecule has 6 aromatic carbocycles. The van der Waals surface area contributed by atoms with Crippen LogP contribution in [0.15, 0.2) is 115 Å². The second-order valence-electron chi connectivity index (χ2n) is 9.30. The van der Waals surface area contributed by atoms with Gasteiger partial charge in [0.1, 0.15) is 0 Å². The number of benzene rings is 6. The standard InChI is InChI=1S/C32H23O3PSe/c1-21(25-15-14-22-8-2-3-11-26(22)20-25)37-36(33)34-29-18-16-23-9-4-6-12-27(23)31(29)32-28-13-7-5-10-24(28)17-19-30(32)35-36/h2-21H,1H3. The topological polar surface area (TPSA) is 35.5 Å². The minimum absolute atomic E-state index is 0.0360. The molecule has 3 nitrogen and oxygen atoms in total. The molecule has 1 atom stereocenters. The molecule has 6 aromatic rings. The molecule has 0 saturated carbocycles. The van der Waals surface area contributed by atoms with E-state index in [0.29, 0.717) is 11.5 Å². The third-order valence-corrected chi connectivity index (χ3v) is 13.5. The van der Waals surface area contributed by atoms with E-state index in [-0.39, 0.29) is 4.82 Å². The third kappa shape index (κ3) is 3.93. The number of fused-ring (bicyclic) bond motifs is 8. The average molecular weight is 565 g/mol. The first-order chi connectivity index (χ1) is 18.1. The molecular weight excluding hydrogens is 542 g/mol. The minimum atomic E-state index is -3.50. The van der Waals surface area contributed by atoms with Gasteiger partial charge in [-0.25, -0.2) is 0 Å². The van der Waals surface area contributed by atoms with Crippen LogP contribution in [0.25, 0.3) is 43.4 Å². The van der Waals surface area contributed by atoms with Crippen LogP contribution in [-0.2, 0) is 4.57 Å². The van der Waals surface area contributed by atoms with Gasteiger partial charge in [0.05, 0.1) is 0 Å². The fraction of sp³-hybridized carbons (Fsp3) is 0.0625. The molecule has 0 aliphatic carbocycles. The van der Waals surface area contributed by atoms with Crippen LogP contribution in [0.5, 0.6) is 11.5 Å². The van der Waals surface area contributed by atoms with E-state index in [9.17, 15) is 4.57 Å². The first-order valence-corrected chi connectivity index (χ1v) is 17.0. The Labute approximate surface area is 221 Å². The zero-order valence-corrected chi connectivity index (χ0v) is 22.7. The van der Waals surface area contributed by atoms with Crippen LogP contribution in [0.1, 0.15) is 17.3 Å². The normalized spacial score (nSPS) is 14.8. The molecule has 0 N–H and O–H groups in total. The first kappa shape index (κ1) is 22.6. The summed E-state index contributed by atoms with van der Waals surface area (Å²) in [5.41, 5.74) is 3.02. The van der Waals surface area contributed by atoms with Gasteiger partial charge in [0.15, 0.2) is 0 Å². The second-order valence-corrected chi connectivity index (χ2v) is 16.4. The summed E-state index contributed by atoms with van der Waals surface area (Å²) in [7, 11) is 0. The molecule has 0 aromatic heterocycles. The van der Waals surface area contributed by atoms with Crippen LogP contribution in [-0.4, -0.2) is 14.5 Å². The molecule has 0 fully saturated rings. The van der Waals surface area contributed by atoms with Crippen molar-refractivity contribution in [3.63, 3.8) is 0 Å². The van der Waals surface area contributed by atoms with Gasteiger partial charge in [-0.15, -0.1) is 0 Å². The van der Waals surface area contributed by atoms with Crippen molar-refractivity contribution in [2.75, 3.05) is 0 Å². The van der Waals surface area contributed by atoms with Crippen molar-refractivity contribution in [2.45, 2.75) is 11.7 Å². The fourth-order valence-corrected chi connectivity index (χ4v) is 11.7. The zero-order chi connectivity index (χ0) is 25.0. The van der Waals surface area contributed by atoms with Crippen LogP contribution in [0.2, 0.25) is 0 Å². The first-order valence-electron chi connectivity index (χ1n) is 12.3. The van der Waals surface area contributed by atoms with E-state index in [0.717, 1.165) is 38.2 Å². The Morgan fingerprint density at radius 2 is 1.08 bits per heavy atom. The summed E-state index contributed by atoms with van der Waals surface area (Å²) < 4.78 is 27.3. The molecule has 0 amide bonds. The molecule has 1 aliphatic rings. The summed E-state index contributed by atoms with van der Waals surface area (Å²) in [6.45, 7) is 2.12. The van der Waals surface area contributed by atoms with Gasteiger partial charge in [-0.2, -0.15) is 0 Å². The molecule has 5 heteroatoms. The Morgan fingerprint density at radius 3 is 1.68 bits per heavy atom. The summed E-state index contributed by atoms with van der Waals surface area (Å²) in [5, 5.41) is 6.71. The molecule has 0 radical (unpaired) electrons. The van der Waals surface area contributed by atoms with Crippen LogP contribution in [0.3, 0.4) is 0 Å². The number of hydrogen-bond acceptors (Lipinski definition) is 3. The Kier molecular flexibility index (Phi) is 5.37. The van der Waals surface area contributed by atoms with Crippen LogP contribution < -0.4 is 9.05 Å². The molecule has 1 unspecified atom stereocenters. The van der Waals surface area contributed by atoms with Crippen molar-refractivity contribution in [3.05, 3.63) is 121 Å². The number of hydrogen-bond donors (Lipinski definition) is 0. The van der Waals surface area contributed by atoms with Crippen molar-refractivity contribution in [1.29, 1.82) is 0 Å². The summed E-state index contributed by atoms with van der Waals surface area (Å²) in [6, 6.07) is 39.2. The molecule has 1 heterocycles. The van der Waals surface area contributed by atoms with Crippen molar-refractivity contribution < 1.29 is 13.6 Å². The van der Waals surface area contributed by atoms with E-state index in [1.165, 1.54) is 10.8 Å². The third-order valence-electron chi connectivity index (χ3n) is 6.98. The molecular formula is C32H23O3PSe. The van der Waals surface area contributed by atoms with E-state index in [2.05, 4.69) is 61.5 Å². The van der Waals surface area contributed by atoms with Gasteiger partial charge >= 0.3 is 222 Å². The Morgan fingerprint density at radius 1 is 0.595 bits per heavy atom. The zero-order valence-electron chi connectivity index (χ0n) is 20.1. The summed E-state index contributed by atoms with van der Waals surface area (Å²) >= 11 is -0.467. The van der Waals surface area contributed by atoms with E-state index in [4.69, 9.17) is 9.05 Å². The van der Waals surface area contributed by atoms with Crippen molar-refractivity contribution in [3.8, 4) is 22.6 Å². The van der Waals surface area contributed by atoms with Gasteiger partial charge in [0.25, 0.3) is 0 Å². The van der Waals surface area contributed by atoms with E-state index >= 15 is 0 Å². The van der Waals surface area contributed by atoms with Crippen LogP contribution in [0.4, 0.5) is 0 Å². The van der Waals surface area contributed by atoms with Gasteiger partial charge in [-0.1, -0.05) is 0 Å². The van der Waals surface area contributed by atoms with Crippen molar-refractivity contribution in [2.24, 2.45) is 0 Å². The van der Waals surface area contributed by atoms with E-state index < -0.39 is 20.8 Å². The average Bonchev–Trinajstić information content (AvgIpc) is 3.06. The Hall–Kier alpha value is -3.55. The molecule has 7 rings (SSSR count). The Bertz CT molecular complexity index is 1790. The van der Waals surface area contributed by atoms with Gasteiger partial charge < -0.3 is 0 Å². The summed E-state index contributed by atoms with van der Waals surface area (Å²) in [4.78, 5) is 0.0360. The van der Waals surface area contributed by atoms with Gasteiger partial charge in [-0.3, -0.25) is 0 Å². The fourth-order valence-electron chi connectivity index (χ4n) is 5.19. The second kappa shape index (κ2) is 8.78. The quantitative estimate of drug-likeness (QED) is 0.159. The number of rotatable bonds is 3.